The number of amides is 2. The molecule has 0 aliphatic rings. The number of carbonyl (C=O) groups excluding carboxylic acids is 1. The minimum atomic E-state index is -0.370. The van der Waals surface area contributed by atoms with Crippen molar-refractivity contribution < 1.29 is 9.21 Å². The molecule has 2 amide bonds. The zero-order valence-corrected chi connectivity index (χ0v) is 13.0. The van der Waals surface area contributed by atoms with Gasteiger partial charge >= 0.3 is 6.03 Å². The standard InChI is InChI=1S/C18H15ClN2O2/c19-14-8-4-9-15(12-14)20-18(22)21-17(16-10-5-11-23-16)13-6-2-1-3-7-13/h1-12,17H,(H2,20,21,22). The van der Waals surface area contributed by atoms with Crippen molar-refractivity contribution in [2.45, 2.75) is 6.04 Å². The molecule has 4 nitrogen and oxygen atoms in total. The van der Waals surface area contributed by atoms with E-state index in [1.54, 1.807) is 36.6 Å². The van der Waals surface area contributed by atoms with Crippen LogP contribution in [0.5, 0.6) is 0 Å². The Morgan fingerprint density at radius 2 is 1.83 bits per heavy atom. The van der Waals surface area contributed by atoms with E-state index in [2.05, 4.69) is 10.6 Å². The molecular formula is C18H15ClN2O2. The van der Waals surface area contributed by atoms with Gasteiger partial charge in [0.2, 0.25) is 0 Å². The van der Waals surface area contributed by atoms with Crippen molar-refractivity contribution in [3.8, 4) is 0 Å². The zero-order chi connectivity index (χ0) is 16.1. The molecule has 23 heavy (non-hydrogen) atoms. The van der Waals surface area contributed by atoms with Crippen LogP contribution in [0.15, 0.2) is 77.4 Å². The topological polar surface area (TPSA) is 54.3 Å². The maximum absolute atomic E-state index is 12.3. The van der Waals surface area contributed by atoms with Crippen LogP contribution in [0.25, 0.3) is 0 Å². The highest BCUT2D eigenvalue weighted by Gasteiger charge is 2.19. The van der Waals surface area contributed by atoms with Crippen molar-refractivity contribution >= 4 is 23.3 Å². The van der Waals surface area contributed by atoms with Crippen molar-refractivity contribution in [3.05, 3.63) is 89.3 Å². The van der Waals surface area contributed by atoms with Crippen molar-refractivity contribution in [3.63, 3.8) is 0 Å². The van der Waals surface area contributed by atoms with Gasteiger partial charge in [0, 0.05) is 10.7 Å². The van der Waals surface area contributed by atoms with Gasteiger partial charge < -0.3 is 15.1 Å². The summed E-state index contributed by atoms with van der Waals surface area (Å²) in [5.74, 6) is 0.664. The number of hydrogen-bond acceptors (Lipinski definition) is 2. The van der Waals surface area contributed by atoms with Crippen molar-refractivity contribution in [1.82, 2.24) is 5.32 Å². The molecule has 1 heterocycles. The summed E-state index contributed by atoms with van der Waals surface area (Å²) < 4.78 is 5.46. The third-order valence-electron chi connectivity index (χ3n) is 3.32. The summed E-state index contributed by atoms with van der Waals surface area (Å²) in [6, 6.07) is 19.5. The molecule has 0 aliphatic carbocycles. The highest BCUT2D eigenvalue weighted by molar-refractivity contribution is 6.30. The van der Waals surface area contributed by atoms with Gasteiger partial charge in [-0.25, -0.2) is 4.79 Å². The van der Waals surface area contributed by atoms with E-state index in [0.29, 0.717) is 16.5 Å². The summed E-state index contributed by atoms with van der Waals surface area (Å²) in [6.45, 7) is 0. The summed E-state index contributed by atoms with van der Waals surface area (Å²) in [7, 11) is 0. The van der Waals surface area contributed by atoms with E-state index < -0.39 is 0 Å². The maximum Gasteiger partial charge on any atom is 0.320 e. The predicted octanol–water partition coefficient (Wildman–Crippen LogP) is 4.84. The first-order valence-corrected chi connectivity index (χ1v) is 7.51. The van der Waals surface area contributed by atoms with E-state index in [1.807, 2.05) is 36.4 Å². The number of nitrogens with one attached hydrogen (secondary N) is 2. The van der Waals surface area contributed by atoms with Crippen molar-refractivity contribution in [2.24, 2.45) is 0 Å². The van der Waals surface area contributed by atoms with E-state index in [9.17, 15) is 4.79 Å². The Labute approximate surface area is 139 Å². The van der Waals surface area contributed by atoms with Crippen LogP contribution in [0.3, 0.4) is 0 Å². The minimum absolute atomic E-state index is 0.336. The summed E-state index contributed by atoms with van der Waals surface area (Å²) in [4.78, 5) is 12.3. The molecular weight excluding hydrogens is 312 g/mol. The molecule has 116 valence electrons. The monoisotopic (exact) mass is 326 g/mol. The van der Waals surface area contributed by atoms with Crippen molar-refractivity contribution in [1.29, 1.82) is 0 Å². The lowest BCUT2D eigenvalue weighted by molar-refractivity contribution is 0.248. The van der Waals surface area contributed by atoms with Gasteiger partial charge in [-0.1, -0.05) is 48.0 Å². The van der Waals surface area contributed by atoms with Crippen LogP contribution >= 0.6 is 11.6 Å². The Kier molecular flexibility index (Phi) is 4.64. The Morgan fingerprint density at radius 1 is 1.00 bits per heavy atom. The first kappa shape index (κ1) is 15.2. The average Bonchev–Trinajstić information content (AvgIpc) is 3.07. The lowest BCUT2D eigenvalue weighted by Gasteiger charge is -2.17. The smallest absolute Gasteiger partial charge is 0.320 e. The molecule has 0 saturated carbocycles. The fourth-order valence-corrected chi connectivity index (χ4v) is 2.47. The van der Waals surface area contributed by atoms with E-state index in [1.165, 1.54) is 0 Å². The average molecular weight is 327 g/mol. The van der Waals surface area contributed by atoms with Crippen LogP contribution in [0.4, 0.5) is 10.5 Å². The van der Waals surface area contributed by atoms with Gasteiger partial charge in [0.1, 0.15) is 11.8 Å². The fourth-order valence-electron chi connectivity index (χ4n) is 2.28. The molecule has 5 heteroatoms. The SMILES string of the molecule is O=C(Nc1cccc(Cl)c1)NC(c1ccccc1)c1ccco1. The predicted molar refractivity (Wildman–Crippen MR) is 90.6 cm³/mol. The Balaban J connectivity index is 1.77. The van der Waals surface area contributed by atoms with Crippen LogP contribution in [0.1, 0.15) is 17.4 Å². The molecule has 1 aromatic heterocycles. The molecule has 3 rings (SSSR count). The molecule has 0 fully saturated rings. The normalized spacial score (nSPS) is 11.7. The molecule has 0 saturated heterocycles. The highest BCUT2D eigenvalue weighted by Crippen LogP contribution is 2.22. The third-order valence-corrected chi connectivity index (χ3v) is 3.55. The summed E-state index contributed by atoms with van der Waals surface area (Å²) >= 11 is 5.92. The highest BCUT2D eigenvalue weighted by atomic mass is 35.5. The van der Waals surface area contributed by atoms with Crippen LogP contribution in [0, 0.1) is 0 Å². The second-order valence-corrected chi connectivity index (χ2v) is 5.40. The first-order chi connectivity index (χ1) is 11.2. The third kappa shape index (κ3) is 3.93. The van der Waals surface area contributed by atoms with Gasteiger partial charge in [0.25, 0.3) is 0 Å². The molecule has 0 aliphatic heterocycles. The summed E-state index contributed by atoms with van der Waals surface area (Å²) in [5.41, 5.74) is 1.56. The zero-order valence-electron chi connectivity index (χ0n) is 12.2. The van der Waals surface area contributed by atoms with Gasteiger partial charge in [-0.05, 0) is 35.9 Å². The van der Waals surface area contributed by atoms with Crippen LogP contribution < -0.4 is 10.6 Å². The summed E-state index contributed by atoms with van der Waals surface area (Å²) in [5, 5.41) is 6.25. The Bertz CT molecular complexity index is 773. The fraction of sp³-hybridized carbons (Fsp3) is 0.0556. The minimum Gasteiger partial charge on any atom is -0.467 e. The number of furan rings is 1. The molecule has 1 unspecified atom stereocenters. The lowest BCUT2D eigenvalue weighted by atomic mass is 10.1. The van der Waals surface area contributed by atoms with Gasteiger partial charge in [-0.3, -0.25) is 0 Å². The van der Waals surface area contributed by atoms with E-state index in [0.717, 1.165) is 5.56 Å². The number of urea groups is 1. The second kappa shape index (κ2) is 7.03. The number of benzene rings is 2. The number of anilines is 1. The van der Waals surface area contributed by atoms with E-state index in [-0.39, 0.29) is 12.1 Å². The second-order valence-electron chi connectivity index (χ2n) is 4.97. The number of hydrogen-bond donors (Lipinski definition) is 2. The van der Waals surface area contributed by atoms with Gasteiger partial charge in [0.05, 0.1) is 6.26 Å². The molecule has 3 aromatic rings. The van der Waals surface area contributed by atoms with E-state index >= 15 is 0 Å². The maximum atomic E-state index is 12.3. The van der Waals surface area contributed by atoms with Crippen molar-refractivity contribution in [2.75, 3.05) is 5.32 Å². The lowest BCUT2D eigenvalue weighted by Crippen LogP contribution is -2.33. The van der Waals surface area contributed by atoms with E-state index in [4.69, 9.17) is 16.0 Å². The first-order valence-electron chi connectivity index (χ1n) is 7.14. The molecule has 1 atom stereocenters. The van der Waals surface area contributed by atoms with Gasteiger partial charge in [0.15, 0.2) is 0 Å². The Hall–Kier alpha value is -2.72. The van der Waals surface area contributed by atoms with Crippen LogP contribution in [-0.4, -0.2) is 6.03 Å². The quantitative estimate of drug-likeness (QED) is 0.720. The molecule has 2 aromatic carbocycles. The van der Waals surface area contributed by atoms with Gasteiger partial charge in [-0.15, -0.1) is 0 Å². The van der Waals surface area contributed by atoms with Crippen LogP contribution in [0.2, 0.25) is 5.02 Å². The molecule has 0 bridgehead atoms. The molecule has 0 radical (unpaired) electrons. The van der Waals surface area contributed by atoms with Gasteiger partial charge in [-0.2, -0.15) is 0 Å². The molecule has 2 N–H and O–H groups in total. The number of rotatable bonds is 4. The number of carbonyl (C=O) groups is 1. The largest absolute Gasteiger partial charge is 0.467 e. The number of halogens is 1. The summed E-state index contributed by atoms with van der Waals surface area (Å²) in [6.07, 6.45) is 1.59. The molecule has 0 spiro atoms. The Morgan fingerprint density at radius 3 is 2.52 bits per heavy atom. The van der Waals surface area contributed by atoms with Crippen LogP contribution in [-0.2, 0) is 0 Å².